The number of allylic oxidation sites excluding steroid dienone is 1. The van der Waals surface area contributed by atoms with E-state index in [9.17, 15) is 4.79 Å². The predicted octanol–water partition coefficient (Wildman–Crippen LogP) is 2.69. The van der Waals surface area contributed by atoms with Crippen LogP contribution in [0.3, 0.4) is 0 Å². The molecule has 0 saturated heterocycles. The van der Waals surface area contributed by atoms with Gasteiger partial charge in [-0.05, 0) is 44.4 Å². The lowest BCUT2D eigenvalue weighted by Gasteiger charge is -2.12. The molecule has 2 saturated carbocycles. The Morgan fingerprint density at radius 1 is 1.57 bits per heavy atom. The number of ether oxygens (including phenoxy) is 1. The van der Waals surface area contributed by atoms with E-state index in [-0.39, 0.29) is 5.97 Å². The van der Waals surface area contributed by atoms with Crippen molar-refractivity contribution in [3.05, 3.63) is 11.6 Å². The van der Waals surface area contributed by atoms with Crippen LogP contribution in [-0.2, 0) is 9.53 Å². The normalized spacial score (nSPS) is 32.5. The molecule has 2 fully saturated rings. The third-order valence-corrected chi connectivity index (χ3v) is 3.43. The molecule has 0 heterocycles. The molecule has 0 aromatic rings. The summed E-state index contributed by atoms with van der Waals surface area (Å²) >= 11 is 0. The van der Waals surface area contributed by atoms with E-state index in [0.29, 0.717) is 13.0 Å². The molecule has 2 rings (SSSR count). The van der Waals surface area contributed by atoms with E-state index in [4.69, 9.17) is 4.74 Å². The van der Waals surface area contributed by atoms with E-state index in [1.807, 2.05) is 6.92 Å². The zero-order valence-corrected chi connectivity index (χ0v) is 8.79. The van der Waals surface area contributed by atoms with Crippen LogP contribution in [-0.4, -0.2) is 12.6 Å². The highest BCUT2D eigenvalue weighted by molar-refractivity contribution is 5.71. The number of fused-ring (bicyclic) bond motifs is 2. The second kappa shape index (κ2) is 4.16. The van der Waals surface area contributed by atoms with Gasteiger partial charge in [0.2, 0.25) is 0 Å². The van der Waals surface area contributed by atoms with Crippen molar-refractivity contribution in [2.24, 2.45) is 11.8 Å². The summed E-state index contributed by atoms with van der Waals surface area (Å²) in [5, 5.41) is 0. The standard InChI is InChI=1S/C12H18O2/c1-2-14-12(13)6-5-11-8-9-3-4-10(11)7-9/h5,9-10H,2-4,6-8H2,1H3. The van der Waals surface area contributed by atoms with Crippen LogP contribution in [0.15, 0.2) is 11.6 Å². The number of hydrogen-bond acceptors (Lipinski definition) is 2. The predicted molar refractivity (Wildman–Crippen MR) is 54.8 cm³/mol. The van der Waals surface area contributed by atoms with Gasteiger partial charge in [0.05, 0.1) is 13.0 Å². The van der Waals surface area contributed by atoms with Gasteiger partial charge >= 0.3 is 5.97 Å². The van der Waals surface area contributed by atoms with Crippen molar-refractivity contribution in [2.45, 2.75) is 39.0 Å². The van der Waals surface area contributed by atoms with Crippen LogP contribution in [0, 0.1) is 11.8 Å². The van der Waals surface area contributed by atoms with Crippen molar-refractivity contribution < 1.29 is 9.53 Å². The SMILES string of the molecule is CCOC(=O)CC=C1CC2CCC1C2. The molecule has 0 aromatic carbocycles. The van der Waals surface area contributed by atoms with Gasteiger partial charge in [-0.3, -0.25) is 4.79 Å². The second-order valence-electron chi connectivity index (χ2n) is 4.37. The molecular weight excluding hydrogens is 176 g/mol. The molecule has 14 heavy (non-hydrogen) atoms. The van der Waals surface area contributed by atoms with Crippen molar-refractivity contribution in [3.63, 3.8) is 0 Å². The summed E-state index contributed by atoms with van der Waals surface area (Å²) in [6.07, 6.45) is 7.95. The van der Waals surface area contributed by atoms with Gasteiger partial charge in [0.25, 0.3) is 0 Å². The summed E-state index contributed by atoms with van der Waals surface area (Å²) in [5.41, 5.74) is 1.52. The van der Waals surface area contributed by atoms with E-state index in [2.05, 4.69) is 6.08 Å². The van der Waals surface area contributed by atoms with Crippen molar-refractivity contribution in [1.82, 2.24) is 0 Å². The molecule has 78 valence electrons. The second-order valence-corrected chi connectivity index (χ2v) is 4.37. The molecule has 0 N–H and O–H groups in total. The topological polar surface area (TPSA) is 26.3 Å². The van der Waals surface area contributed by atoms with Crippen molar-refractivity contribution >= 4 is 5.97 Å². The molecule has 2 nitrogen and oxygen atoms in total. The Morgan fingerprint density at radius 2 is 2.43 bits per heavy atom. The Morgan fingerprint density at radius 3 is 3.00 bits per heavy atom. The molecule has 0 radical (unpaired) electrons. The van der Waals surface area contributed by atoms with Crippen molar-refractivity contribution in [3.8, 4) is 0 Å². The van der Waals surface area contributed by atoms with Crippen LogP contribution in [0.25, 0.3) is 0 Å². The van der Waals surface area contributed by atoms with Crippen molar-refractivity contribution in [1.29, 1.82) is 0 Å². The first kappa shape index (κ1) is 9.75. The fourth-order valence-corrected chi connectivity index (χ4v) is 2.78. The lowest BCUT2D eigenvalue weighted by Crippen LogP contribution is -2.04. The average molecular weight is 194 g/mol. The Balaban J connectivity index is 1.84. The lowest BCUT2D eigenvalue weighted by molar-refractivity contribution is -0.142. The van der Waals surface area contributed by atoms with Crippen LogP contribution in [0.2, 0.25) is 0 Å². The summed E-state index contributed by atoms with van der Waals surface area (Å²) in [7, 11) is 0. The van der Waals surface area contributed by atoms with E-state index in [1.165, 1.54) is 31.3 Å². The van der Waals surface area contributed by atoms with Gasteiger partial charge in [0.1, 0.15) is 0 Å². The van der Waals surface area contributed by atoms with E-state index < -0.39 is 0 Å². The largest absolute Gasteiger partial charge is 0.466 e. The number of hydrogen-bond donors (Lipinski definition) is 0. The van der Waals surface area contributed by atoms with Gasteiger partial charge in [0.15, 0.2) is 0 Å². The van der Waals surface area contributed by atoms with Crippen LogP contribution in [0.5, 0.6) is 0 Å². The lowest BCUT2D eigenvalue weighted by atomic mass is 9.94. The number of carbonyl (C=O) groups is 1. The van der Waals surface area contributed by atoms with E-state index in [0.717, 1.165) is 11.8 Å². The molecule has 0 aromatic heterocycles. The zero-order valence-electron chi connectivity index (χ0n) is 8.79. The van der Waals surface area contributed by atoms with Crippen LogP contribution < -0.4 is 0 Å². The van der Waals surface area contributed by atoms with E-state index >= 15 is 0 Å². The number of rotatable bonds is 3. The molecular formula is C12H18O2. The van der Waals surface area contributed by atoms with Crippen LogP contribution in [0.1, 0.15) is 39.0 Å². The molecule has 2 aliphatic carbocycles. The molecule has 2 bridgehead atoms. The smallest absolute Gasteiger partial charge is 0.309 e. The molecule has 2 atom stereocenters. The number of esters is 1. The molecule has 0 amide bonds. The summed E-state index contributed by atoms with van der Waals surface area (Å²) < 4.78 is 4.90. The van der Waals surface area contributed by atoms with Gasteiger partial charge in [-0.2, -0.15) is 0 Å². The first-order valence-corrected chi connectivity index (χ1v) is 5.64. The minimum atomic E-state index is -0.0808. The molecule has 0 aliphatic heterocycles. The van der Waals surface area contributed by atoms with Crippen molar-refractivity contribution in [2.75, 3.05) is 6.61 Å². The minimum absolute atomic E-state index is 0.0808. The maximum atomic E-state index is 11.1. The summed E-state index contributed by atoms with van der Waals surface area (Å²) in [4.78, 5) is 11.1. The Labute approximate surface area is 85.3 Å². The van der Waals surface area contributed by atoms with Gasteiger partial charge in [-0.25, -0.2) is 0 Å². The quantitative estimate of drug-likeness (QED) is 0.510. The first-order valence-electron chi connectivity index (χ1n) is 5.64. The van der Waals surface area contributed by atoms with Gasteiger partial charge in [-0.1, -0.05) is 11.6 Å². The molecule has 0 spiro atoms. The van der Waals surface area contributed by atoms with Gasteiger partial charge in [0, 0.05) is 0 Å². The fourth-order valence-electron chi connectivity index (χ4n) is 2.78. The Bertz CT molecular complexity index is 255. The highest BCUT2D eigenvalue weighted by atomic mass is 16.5. The summed E-state index contributed by atoms with van der Waals surface area (Å²) in [6, 6.07) is 0. The molecule has 2 heteroatoms. The minimum Gasteiger partial charge on any atom is -0.466 e. The highest BCUT2D eigenvalue weighted by Crippen LogP contribution is 2.47. The maximum absolute atomic E-state index is 11.1. The zero-order chi connectivity index (χ0) is 9.97. The van der Waals surface area contributed by atoms with Gasteiger partial charge < -0.3 is 4.74 Å². The Hall–Kier alpha value is -0.790. The summed E-state index contributed by atoms with van der Waals surface area (Å²) in [6.45, 7) is 2.34. The number of carbonyl (C=O) groups excluding carboxylic acids is 1. The molecule has 2 unspecified atom stereocenters. The fraction of sp³-hybridized carbons (Fsp3) is 0.750. The third-order valence-electron chi connectivity index (χ3n) is 3.43. The highest BCUT2D eigenvalue weighted by Gasteiger charge is 2.34. The third kappa shape index (κ3) is 1.99. The van der Waals surface area contributed by atoms with E-state index in [1.54, 1.807) is 0 Å². The summed E-state index contributed by atoms with van der Waals surface area (Å²) in [5.74, 6) is 1.64. The molecule has 2 aliphatic rings. The average Bonchev–Trinajstić information content (AvgIpc) is 2.76. The van der Waals surface area contributed by atoms with Crippen LogP contribution >= 0.6 is 0 Å². The monoisotopic (exact) mass is 194 g/mol. The Kier molecular flexibility index (Phi) is 2.90. The van der Waals surface area contributed by atoms with Crippen LogP contribution in [0.4, 0.5) is 0 Å². The van der Waals surface area contributed by atoms with Gasteiger partial charge in [-0.15, -0.1) is 0 Å². The first-order chi connectivity index (χ1) is 6.79. The maximum Gasteiger partial charge on any atom is 0.309 e.